The van der Waals surface area contributed by atoms with Crippen LogP contribution in [0.4, 0.5) is 0 Å². The largest absolute Gasteiger partial charge is 0.369 e. The Morgan fingerprint density at radius 1 is 1.42 bits per heavy atom. The predicted octanol–water partition coefficient (Wildman–Crippen LogP) is 1.78. The van der Waals surface area contributed by atoms with E-state index in [0.717, 1.165) is 24.0 Å². The number of hydrogen-bond acceptors (Lipinski definition) is 2. The average Bonchev–Trinajstić information content (AvgIpc) is 3.11. The summed E-state index contributed by atoms with van der Waals surface area (Å²) < 4.78 is 0. The average molecular weight is 281 g/mol. The molecule has 102 valence electrons. The van der Waals surface area contributed by atoms with Crippen LogP contribution in [0.15, 0.2) is 18.2 Å². The van der Waals surface area contributed by atoms with Crippen molar-refractivity contribution >= 4 is 23.4 Å². The fraction of sp³-hybridized carbons (Fsp3) is 0.429. The van der Waals surface area contributed by atoms with Gasteiger partial charge in [-0.2, -0.15) is 0 Å². The number of amides is 2. The molecule has 0 bridgehead atoms. The highest BCUT2D eigenvalue weighted by atomic mass is 35.5. The first-order valence-electron chi connectivity index (χ1n) is 6.25. The second-order valence-electron chi connectivity index (χ2n) is 5.16. The maximum atomic E-state index is 11.4. The molecule has 0 aliphatic heterocycles. The lowest BCUT2D eigenvalue weighted by atomic mass is 9.94. The lowest BCUT2D eigenvalue weighted by Crippen LogP contribution is -2.26. The molecule has 0 aromatic heterocycles. The maximum absolute atomic E-state index is 11.4. The maximum Gasteiger partial charge on any atom is 0.223 e. The summed E-state index contributed by atoms with van der Waals surface area (Å²) >= 11 is 6.16. The van der Waals surface area contributed by atoms with Gasteiger partial charge in [0, 0.05) is 18.5 Å². The Balaban J connectivity index is 2.13. The van der Waals surface area contributed by atoms with E-state index in [0.29, 0.717) is 18.0 Å². The van der Waals surface area contributed by atoms with Gasteiger partial charge in [-0.15, -0.1) is 0 Å². The van der Waals surface area contributed by atoms with Gasteiger partial charge in [-0.3, -0.25) is 9.59 Å². The Labute approximate surface area is 117 Å². The summed E-state index contributed by atoms with van der Waals surface area (Å²) in [6.07, 6.45) is 2.23. The molecule has 1 aliphatic carbocycles. The quantitative estimate of drug-likeness (QED) is 0.863. The van der Waals surface area contributed by atoms with E-state index < -0.39 is 5.41 Å². The van der Waals surface area contributed by atoms with Crippen LogP contribution in [0, 0.1) is 5.41 Å². The second kappa shape index (κ2) is 5.21. The van der Waals surface area contributed by atoms with Crippen LogP contribution in [0.1, 0.15) is 30.9 Å². The minimum atomic E-state index is -0.406. The van der Waals surface area contributed by atoms with Gasteiger partial charge in [-0.1, -0.05) is 23.7 Å². The molecule has 1 fully saturated rings. The molecule has 2 rings (SSSR count). The zero-order valence-corrected chi connectivity index (χ0v) is 11.6. The Hall–Kier alpha value is -1.55. The summed E-state index contributed by atoms with van der Waals surface area (Å²) in [6, 6.07) is 5.60. The van der Waals surface area contributed by atoms with E-state index in [4.69, 9.17) is 17.3 Å². The van der Waals surface area contributed by atoms with Crippen LogP contribution in [0.2, 0.25) is 5.02 Å². The highest BCUT2D eigenvalue weighted by molar-refractivity contribution is 6.31. The van der Waals surface area contributed by atoms with Crippen molar-refractivity contribution in [2.24, 2.45) is 11.1 Å². The van der Waals surface area contributed by atoms with Crippen LogP contribution >= 0.6 is 11.6 Å². The Kier molecular flexibility index (Phi) is 3.80. The molecule has 0 radical (unpaired) electrons. The van der Waals surface area contributed by atoms with Crippen LogP contribution < -0.4 is 11.1 Å². The van der Waals surface area contributed by atoms with Crippen molar-refractivity contribution in [1.82, 2.24) is 5.32 Å². The van der Waals surface area contributed by atoms with Gasteiger partial charge in [0.1, 0.15) is 0 Å². The summed E-state index contributed by atoms with van der Waals surface area (Å²) in [5.74, 6) is -0.330. The van der Waals surface area contributed by atoms with Crippen molar-refractivity contribution in [2.75, 3.05) is 0 Å². The molecule has 1 aliphatic rings. The zero-order chi connectivity index (χ0) is 14.0. The minimum absolute atomic E-state index is 0.0766. The van der Waals surface area contributed by atoms with Crippen molar-refractivity contribution in [3.05, 3.63) is 34.3 Å². The number of benzene rings is 1. The monoisotopic (exact) mass is 280 g/mol. The van der Waals surface area contributed by atoms with Crippen LogP contribution in [-0.2, 0) is 22.6 Å². The molecule has 2 amide bonds. The summed E-state index contributed by atoms with van der Waals surface area (Å²) in [4.78, 5) is 22.3. The van der Waals surface area contributed by atoms with E-state index in [1.165, 1.54) is 6.92 Å². The SMILES string of the molecule is CC(=O)NCc1ccc(Cl)c(CC2(C(N)=O)CC2)c1. The Morgan fingerprint density at radius 2 is 2.11 bits per heavy atom. The molecule has 3 N–H and O–H groups in total. The number of nitrogens with two attached hydrogens (primary N) is 1. The molecule has 0 saturated heterocycles. The molecular formula is C14H17ClN2O2. The number of rotatable bonds is 5. The third-order valence-corrected chi connectivity index (χ3v) is 3.93. The first-order valence-corrected chi connectivity index (χ1v) is 6.62. The molecule has 5 heteroatoms. The lowest BCUT2D eigenvalue weighted by molar-refractivity contribution is -0.123. The van der Waals surface area contributed by atoms with Gasteiger partial charge in [0.05, 0.1) is 5.41 Å². The van der Waals surface area contributed by atoms with Gasteiger partial charge in [0.15, 0.2) is 0 Å². The zero-order valence-electron chi connectivity index (χ0n) is 10.8. The van der Waals surface area contributed by atoms with Crippen molar-refractivity contribution in [1.29, 1.82) is 0 Å². The number of carbonyl (C=O) groups excluding carboxylic acids is 2. The third kappa shape index (κ3) is 3.26. The minimum Gasteiger partial charge on any atom is -0.369 e. The van der Waals surface area contributed by atoms with Gasteiger partial charge in [0.2, 0.25) is 11.8 Å². The van der Waals surface area contributed by atoms with Crippen molar-refractivity contribution in [3.63, 3.8) is 0 Å². The molecular weight excluding hydrogens is 264 g/mol. The van der Waals surface area contributed by atoms with E-state index in [1.807, 2.05) is 12.1 Å². The number of primary amides is 1. The molecule has 0 unspecified atom stereocenters. The van der Waals surface area contributed by atoms with E-state index >= 15 is 0 Å². The second-order valence-corrected chi connectivity index (χ2v) is 5.56. The highest BCUT2D eigenvalue weighted by Crippen LogP contribution is 2.48. The number of carbonyl (C=O) groups is 2. The molecule has 1 aromatic rings. The number of halogens is 1. The van der Waals surface area contributed by atoms with Gasteiger partial charge in [-0.05, 0) is 36.5 Å². The van der Waals surface area contributed by atoms with Crippen molar-refractivity contribution < 1.29 is 9.59 Å². The molecule has 0 heterocycles. The van der Waals surface area contributed by atoms with Gasteiger partial charge in [-0.25, -0.2) is 0 Å². The standard InChI is InChI=1S/C14H17ClN2O2/c1-9(18)17-8-10-2-3-12(15)11(6-10)7-14(4-5-14)13(16)19/h2-3,6H,4-5,7-8H2,1H3,(H2,16,19)(H,17,18). The Morgan fingerprint density at radius 3 is 2.63 bits per heavy atom. The van der Waals surface area contributed by atoms with Crippen LogP contribution in [0.3, 0.4) is 0 Å². The van der Waals surface area contributed by atoms with E-state index in [9.17, 15) is 9.59 Å². The van der Waals surface area contributed by atoms with Crippen molar-refractivity contribution in [2.45, 2.75) is 32.7 Å². The fourth-order valence-electron chi connectivity index (χ4n) is 2.13. The third-order valence-electron chi connectivity index (χ3n) is 3.56. The molecule has 1 aromatic carbocycles. The molecule has 19 heavy (non-hydrogen) atoms. The van der Waals surface area contributed by atoms with Gasteiger partial charge in [0.25, 0.3) is 0 Å². The van der Waals surface area contributed by atoms with Crippen LogP contribution in [0.25, 0.3) is 0 Å². The first kappa shape index (κ1) is 13.9. The van der Waals surface area contributed by atoms with Gasteiger partial charge >= 0.3 is 0 Å². The topological polar surface area (TPSA) is 72.2 Å². The van der Waals surface area contributed by atoms with E-state index in [-0.39, 0.29) is 11.8 Å². The molecule has 4 nitrogen and oxygen atoms in total. The first-order chi connectivity index (χ1) is 8.93. The van der Waals surface area contributed by atoms with Crippen molar-refractivity contribution in [3.8, 4) is 0 Å². The highest BCUT2D eigenvalue weighted by Gasteiger charge is 2.48. The summed E-state index contributed by atoms with van der Waals surface area (Å²) in [5.41, 5.74) is 6.91. The predicted molar refractivity (Wildman–Crippen MR) is 73.5 cm³/mol. The smallest absolute Gasteiger partial charge is 0.223 e. The van der Waals surface area contributed by atoms with E-state index in [1.54, 1.807) is 6.07 Å². The summed E-state index contributed by atoms with van der Waals surface area (Å²) in [6.45, 7) is 1.94. The summed E-state index contributed by atoms with van der Waals surface area (Å²) in [5, 5.41) is 3.37. The molecule has 1 saturated carbocycles. The Bertz CT molecular complexity index is 524. The number of nitrogens with one attached hydrogen (secondary N) is 1. The lowest BCUT2D eigenvalue weighted by Gasteiger charge is -2.13. The van der Waals surface area contributed by atoms with Gasteiger partial charge < -0.3 is 11.1 Å². The molecule has 0 spiro atoms. The molecule has 0 atom stereocenters. The van der Waals surface area contributed by atoms with Crippen LogP contribution in [-0.4, -0.2) is 11.8 Å². The fourth-order valence-corrected chi connectivity index (χ4v) is 2.31. The summed E-state index contributed by atoms with van der Waals surface area (Å²) in [7, 11) is 0. The van der Waals surface area contributed by atoms with Crippen LogP contribution in [0.5, 0.6) is 0 Å². The van der Waals surface area contributed by atoms with E-state index in [2.05, 4.69) is 5.32 Å². The normalized spacial score (nSPS) is 15.9. The number of hydrogen-bond donors (Lipinski definition) is 2.